The van der Waals surface area contributed by atoms with E-state index in [1.54, 1.807) is 28.8 Å². The summed E-state index contributed by atoms with van der Waals surface area (Å²) in [7, 11) is 0. The maximum Gasteiger partial charge on any atom is 0.282 e. The minimum atomic E-state index is 0.196. The summed E-state index contributed by atoms with van der Waals surface area (Å²) in [5, 5.41) is 9.52. The number of aldehydes is 1. The third kappa shape index (κ3) is 2.65. The van der Waals surface area contributed by atoms with Crippen LogP contribution in [0.1, 0.15) is 41.9 Å². The van der Waals surface area contributed by atoms with Crippen molar-refractivity contribution in [2.24, 2.45) is 5.41 Å². The second-order valence-corrected chi connectivity index (χ2v) is 8.30. The van der Waals surface area contributed by atoms with Gasteiger partial charge in [0.15, 0.2) is 5.69 Å². The van der Waals surface area contributed by atoms with Gasteiger partial charge in [-0.2, -0.15) is 4.98 Å². The Balaban J connectivity index is 1.57. The van der Waals surface area contributed by atoms with E-state index in [0.29, 0.717) is 28.2 Å². The number of aromatic nitrogens is 4. The molecule has 142 valence electrons. The van der Waals surface area contributed by atoms with E-state index >= 15 is 0 Å². The molecule has 0 fully saturated rings. The van der Waals surface area contributed by atoms with Crippen LogP contribution in [-0.4, -0.2) is 26.2 Å². The van der Waals surface area contributed by atoms with Crippen molar-refractivity contribution in [3.05, 3.63) is 46.3 Å². The monoisotopic (exact) mass is 396 g/mol. The summed E-state index contributed by atoms with van der Waals surface area (Å²) in [4.78, 5) is 15.5. The Bertz CT molecular complexity index is 1220. The first kappa shape index (κ1) is 17.2. The summed E-state index contributed by atoms with van der Waals surface area (Å²) in [5.41, 5.74) is 3.19. The molecule has 5 rings (SSSR count). The van der Waals surface area contributed by atoms with Gasteiger partial charge in [-0.3, -0.25) is 9.36 Å². The molecule has 0 bridgehead atoms. The third-order valence-corrected chi connectivity index (χ3v) is 5.57. The lowest BCUT2D eigenvalue weighted by Crippen LogP contribution is -2.21. The molecule has 28 heavy (non-hydrogen) atoms. The number of hydrogen-bond acceptors (Lipinski definition) is 6. The number of halogens is 1. The summed E-state index contributed by atoms with van der Waals surface area (Å²) in [5.74, 6) is 1.50. The Kier molecular flexibility index (Phi) is 3.71. The zero-order chi connectivity index (χ0) is 19.5. The number of nitrogens with zero attached hydrogens (tertiary/aromatic N) is 4. The van der Waals surface area contributed by atoms with Crippen molar-refractivity contribution in [3.8, 4) is 17.5 Å². The van der Waals surface area contributed by atoms with Gasteiger partial charge in [-0.1, -0.05) is 30.6 Å². The van der Waals surface area contributed by atoms with Gasteiger partial charge >= 0.3 is 0 Å². The van der Waals surface area contributed by atoms with Gasteiger partial charge in [0.05, 0.1) is 5.52 Å². The highest BCUT2D eigenvalue weighted by atomic mass is 35.5. The zero-order valence-electron chi connectivity index (χ0n) is 15.4. The van der Waals surface area contributed by atoms with Crippen LogP contribution in [-0.2, 0) is 12.8 Å². The van der Waals surface area contributed by atoms with E-state index in [4.69, 9.17) is 20.6 Å². The first-order valence-electron chi connectivity index (χ1n) is 9.03. The second-order valence-electron chi connectivity index (χ2n) is 7.91. The van der Waals surface area contributed by atoms with Crippen LogP contribution >= 0.6 is 11.6 Å². The van der Waals surface area contributed by atoms with Gasteiger partial charge in [0.1, 0.15) is 17.2 Å². The van der Waals surface area contributed by atoms with Gasteiger partial charge < -0.3 is 9.05 Å². The minimum Gasteiger partial charge on any atom is -0.360 e. The molecule has 0 N–H and O–H groups in total. The smallest absolute Gasteiger partial charge is 0.282 e. The van der Waals surface area contributed by atoms with E-state index < -0.39 is 0 Å². The molecule has 8 heteroatoms. The minimum absolute atomic E-state index is 0.196. The topological polar surface area (TPSA) is 87.0 Å². The molecule has 1 aliphatic rings. The SMILES string of the molecule is CC1(C)CCc2c(-c3nc(-n4c(Cl)cc5cc(C=O)ccc54)no3)noc2C1. The average molecular weight is 397 g/mol. The van der Waals surface area contributed by atoms with Crippen LogP contribution in [0.3, 0.4) is 0 Å². The molecule has 0 saturated carbocycles. The molecule has 1 aliphatic carbocycles. The highest BCUT2D eigenvalue weighted by Gasteiger charge is 2.32. The van der Waals surface area contributed by atoms with Crippen molar-refractivity contribution >= 4 is 28.8 Å². The van der Waals surface area contributed by atoms with Crippen LogP contribution in [0.15, 0.2) is 33.3 Å². The van der Waals surface area contributed by atoms with Crippen molar-refractivity contribution < 1.29 is 13.8 Å². The average Bonchev–Trinajstić information content (AvgIpc) is 3.35. The molecule has 7 nitrogen and oxygen atoms in total. The summed E-state index contributed by atoms with van der Waals surface area (Å²) in [6, 6.07) is 7.06. The molecule has 3 heterocycles. The Labute approximate surface area is 165 Å². The largest absolute Gasteiger partial charge is 0.360 e. The Morgan fingerprint density at radius 2 is 2.07 bits per heavy atom. The molecule has 4 aromatic rings. The van der Waals surface area contributed by atoms with Crippen LogP contribution in [0.25, 0.3) is 28.4 Å². The standard InChI is InChI=1S/C20H17ClN4O3/c1-20(2)6-5-13-15(9-20)27-23-17(13)18-22-19(24-28-18)25-14-4-3-11(10-26)7-12(14)8-16(25)21/h3-4,7-8,10H,5-6,9H2,1-2H3. The van der Waals surface area contributed by atoms with Gasteiger partial charge in [-0.05, 0) is 47.7 Å². The van der Waals surface area contributed by atoms with Gasteiger partial charge in [-0.25, -0.2) is 0 Å². The number of carbonyl (C=O) groups excluding carboxylic acids is 1. The van der Waals surface area contributed by atoms with Crippen LogP contribution in [0.4, 0.5) is 0 Å². The lowest BCUT2D eigenvalue weighted by atomic mass is 9.77. The number of benzene rings is 1. The number of fused-ring (bicyclic) bond motifs is 2. The molecule has 3 aromatic heterocycles. The van der Waals surface area contributed by atoms with Crippen molar-refractivity contribution in [2.75, 3.05) is 0 Å². The fourth-order valence-corrected chi connectivity index (χ4v) is 4.06. The highest BCUT2D eigenvalue weighted by Crippen LogP contribution is 2.38. The molecule has 0 saturated heterocycles. The summed E-state index contributed by atoms with van der Waals surface area (Å²) < 4.78 is 12.7. The molecule has 0 radical (unpaired) electrons. The van der Waals surface area contributed by atoms with Crippen molar-refractivity contribution in [1.29, 1.82) is 0 Å². The van der Waals surface area contributed by atoms with Crippen LogP contribution in [0.2, 0.25) is 5.15 Å². The Morgan fingerprint density at radius 3 is 2.89 bits per heavy atom. The summed E-state index contributed by atoms with van der Waals surface area (Å²) in [6.07, 6.45) is 3.54. The molecule has 0 unspecified atom stereocenters. The van der Waals surface area contributed by atoms with Gasteiger partial charge in [0.25, 0.3) is 11.8 Å². The summed E-state index contributed by atoms with van der Waals surface area (Å²) in [6.45, 7) is 4.44. The molecule has 0 amide bonds. The number of hydrogen-bond donors (Lipinski definition) is 0. The van der Waals surface area contributed by atoms with Crippen molar-refractivity contribution in [1.82, 2.24) is 19.9 Å². The van der Waals surface area contributed by atoms with Gasteiger partial charge in [0, 0.05) is 22.9 Å². The Hall–Kier alpha value is -2.93. The lowest BCUT2D eigenvalue weighted by Gasteiger charge is -2.27. The summed E-state index contributed by atoms with van der Waals surface area (Å²) >= 11 is 6.40. The normalized spacial score (nSPS) is 15.7. The van der Waals surface area contributed by atoms with Gasteiger partial charge in [-0.15, -0.1) is 0 Å². The molecule has 0 spiro atoms. The maximum atomic E-state index is 11.0. The van der Waals surface area contributed by atoms with Crippen LogP contribution in [0.5, 0.6) is 0 Å². The van der Waals surface area contributed by atoms with Gasteiger partial charge in [0.2, 0.25) is 0 Å². The first-order chi connectivity index (χ1) is 13.4. The molecular weight excluding hydrogens is 380 g/mol. The van der Waals surface area contributed by atoms with E-state index in [1.165, 1.54) is 0 Å². The quantitative estimate of drug-likeness (QED) is 0.468. The fourth-order valence-electron chi connectivity index (χ4n) is 3.77. The van der Waals surface area contributed by atoms with Crippen molar-refractivity contribution in [3.63, 3.8) is 0 Å². The van der Waals surface area contributed by atoms with E-state index in [0.717, 1.165) is 47.8 Å². The van der Waals surface area contributed by atoms with E-state index in [-0.39, 0.29) is 5.41 Å². The molecule has 1 aromatic carbocycles. The second kappa shape index (κ2) is 6.04. The number of rotatable bonds is 3. The van der Waals surface area contributed by atoms with Crippen LogP contribution < -0.4 is 0 Å². The van der Waals surface area contributed by atoms with Crippen molar-refractivity contribution in [2.45, 2.75) is 33.1 Å². The first-order valence-corrected chi connectivity index (χ1v) is 9.41. The highest BCUT2D eigenvalue weighted by molar-refractivity contribution is 6.31. The zero-order valence-corrected chi connectivity index (χ0v) is 16.2. The lowest BCUT2D eigenvalue weighted by molar-refractivity contribution is 0.112. The van der Waals surface area contributed by atoms with E-state index in [2.05, 4.69) is 29.1 Å². The van der Waals surface area contributed by atoms with Crippen LogP contribution in [0, 0.1) is 5.41 Å². The van der Waals surface area contributed by atoms with E-state index in [9.17, 15) is 4.79 Å². The molecular formula is C20H17ClN4O3. The third-order valence-electron chi connectivity index (χ3n) is 5.30. The fraction of sp³-hybridized carbons (Fsp3) is 0.300. The predicted molar refractivity (Wildman–Crippen MR) is 103 cm³/mol. The Morgan fingerprint density at radius 1 is 1.21 bits per heavy atom. The predicted octanol–water partition coefficient (Wildman–Crippen LogP) is 4.65. The molecule has 0 aliphatic heterocycles. The van der Waals surface area contributed by atoms with E-state index in [1.807, 2.05) is 0 Å². The number of carbonyl (C=O) groups is 1. The maximum absolute atomic E-state index is 11.0. The molecule has 0 atom stereocenters.